The number of nitrogens with zero attached hydrogens (tertiary/aromatic N) is 4. The molecule has 4 aromatic rings. The molecule has 2 aromatic carbocycles. The third-order valence-corrected chi connectivity index (χ3v) is 4.96. The fraction of sp³-hybridized carbons (Fsp3) is 0.105. The molecule has 0 unspecified atom stereocenters. The molecule has 0 spiro atoms. The first-order chi connectivity index (χ1) is 14.2. The van der Waals surface area contributed by atoms with Gasteiger partial charge in [0, 0.05) is 12.7 Å². The van der Waals surface area contributed by atoms with E-state index in [2.05, 4.69) is 25.6 Å². The van der Waals surface area contributed by atoms with Crippen molar-refractivity contribution in [2.45, 2.75) is 6.18 Å². The Kier molecular flexibility index (Phi) is 5.17. The zero-order chi connectivity index (χ0) is 21.5. The molecule has 154 valence electrons. The van der Waals surface area contributed by atoms with E-state index in [1.165, 1.54) is 18.5 Å². The predicted octanol–water partition coefficient (Wildman–Crippen LogP) is 6.18. The summed E-state index contributed by atoms with van der Waals surface area (Å²) in [5, 5.41) is 6.90. The minimum absolute atomic E-state index is 0.341. The zero-order valence-electron chi connectivity index (χ0n) is 15.3. The van der Waals surface area contributed by atoms with Crippen molar-refractivity contribution in [1.82, 2.24) is 19.5 Å². The van der Waals surface area contributed by atoms with Gasteiger partial charge in [-0.05, 0) is 36.4 Å². The van der Waals surface area contributed by atoms with E-state index in [1.54, 1.807) is 29.8 Å². The standard InChI is InChI=1S/C19H13Cl2F3N6/c1-30-17-15(29-18(30)28-14-12(20)3-2-4-13(14)21)16(25-9-26-17)27-11-7-5-10(6-8-11)19(22,23)24/h2-9H,1H3,(H,28,29)(H,25,26,27). The number of hydrogen-bond donors (Lipinski definition) is 2. The van der Waals surface area contributed by atoms with Crippen LogP contribution < -0.4 is 10.6 Å². The number of aryl methyl sites for hydroxylation is 1. The number of anilines is 4. The van der Waals surface area contributed by atoms with Crippen molar-refractivity contribution in [3.8, 4) is 0 Å². The van der Waals surface area contributed by atoms with Crippen LogP contribution in [0.4, 0.5) is 36.3 Å². The molecule has 0 amide bonds. The number of benzene rings is 2. The van der Waals surface area contributed by atoms with Gasteiger partial charge in [-0.25, -0.2) is 15.0 Å². The summed E-state index contributed by atoms with van der Waals surface area (Å²) in [7, 11) is 1.75. The maximum atomic E-state index is 12.8. The molecule has 30 heavy (non-hydrogen) atoms. The molecular weight excluding hydrogens is 440 g/mol. The molecule has 0 radical (unpaired) electrons. The van der Waals surface area contributed by atoms with E-state index in [0.29, 0.717) is 44.4 Å². The summed E-state index contributed by atoms with van der Waals surface area (Å²) in [6.07, 6.45) is -3.06. The van der Waals surface area contributed by atoms with Crippen molar-refractivity contribution in [2.24, 2.45) is 7.05 Å². The summed E-state index contributed by atoms with van der Waals surface area (Å²) in [6, 6.07) is 9.73. The van der Waals surface area contributed by atoms with Gasteiger partial charge in [-0.3, -0.25) is 4.57 Å². The Labute approximate surface area is 178 Å². The molecule has 2 heterocycles. The van der Waals surface area contributed by atoms with E-state index in [4.69, 9.17) is 23.2 Å². The number of para-hydroxylation sites is 1. The van der Waals surface area contributed by atoms with Crippen LogP contribution in [-0.2, 0) is 13.2 Å². The number of fused-ring (bicyclic) bond motifs is 1. The molecule has 0 saturated carbocycles. The van der Waals surface area contributed by atoms with Crippen LogP contribution in [0.1, 0.15) is 5.56 Å². The van der Waals surface area contributed by atoms with Crippen molar-refractivity contribution in [2.75, 3.05) is 10.6 Å². The fourth-order valence-electron chi connectivity index (χ4n) is 2.81. The lowest BCUT2D eigenvalue weighted by Gasteiger charge is -2.09. The van der Waals surface area contributed by atoms with E-state index in [-0.39, 0.29) is 0 Å². The lowest BCUT2D eigenvalue weighted by Crippen LogP contribution is -2.04. The average molecular weight is 453 g/mol. The van der Waals surface area contributed by atoms with Gasteiger partial charge in [0.1, 0.15) is 6.33 Å². The highest BCUT2D eigenvalue weighted by molar-refractivity contribution is 6.39. The average Bonchev–Trinajstić information content (AvgIpc) is 3.01. The van der Waals surface area contributed by atoms with Gasteiger partial charge in [0.15, 0.2) is 17.0 Å². The summed E-state index contributed by atoms with van der Waals surface area (Å²) in [5.74, 6) is 0.754. The van der Waals surface area contributed by atoms with Gasteiger partial charge in [-0.2, -0.15) is 13.2 Å². The molecule has 0 aliphatic carbocycles. The number of aromatic nitrogens is 4. The number of hydrogen-bond acceptors (Lipinski definition) is 5. The fourth-order valence-corrected chi connectivity index (χ4v) is 3.30. The smallest absolute Gasteiger partial charge is 0.338 e. The van der Waals surface area contributed by atoms with E-state index < -0.39 is 11.7 Å². The second-order valence-corrected chi connectivity index (χ2v) is 7.13. The third kappa shape index (κ3) is 3.86. The van der Waals surface area contributed by atoms with Crippen LogP contribution in [0.2, 0.25) is 10.0 Å². The van der Waals surface area contributed by atoms with Gasteiger partial charge in [0.05, 0.1) is 21.3 Å². The molecule has 2 aromatic heterocycles. The minimum Gasteiger partial charge on any atom is -0.338 e. The van der Waals surface area contributed by atoms with Crippen molar-refractivity contribution in [1.29, 1.82) is 0 Å². The van der Waals surface area contributed by atoms with Crippen LogP contribution in [-0.4, -0.2) is 19.5 Å². The second kappa shape index (κ2) is 7.66. The second-order valence-electron chi connectivity index (χ2n) is 6.31. The van der Waals surface area contributed by atoms with Crippen molar-refractivity contribution in [3.63, 3.8) is 0 Å². The molecule has 0 fully saturated rings. The molecule has 6 nitrogen and oxygen atoms in total. The van der Waals surface area contributed by atoms with Gasteiger partial charge in [-0.1, -0.05) is 29.3 Å². The van der Waals surface area contributed by atoms with Crippen LogP contribution in [0.3, 0.4) is 0 Å². The van der Waals surface area contributed by atoms with E-state index in [1.807, 2.05) is 0 Å². The lowest BCUT2D eigenvalue weighted by molar-refractivity contribution is -0.137. The number of imidazole rings is 1. The molecular formula is C19H13Cl2F3N6. The van der Waals surface area contributed by atoms with Gasteiger partial charge in [0.2, 0.25) is 5.95 Å². The lowest BCUT2D eigenvalue weighted by atomic mass is 10.2. The maximum absolute atomic E-state index is 12.8. The minimum atomic E-state index is -4.40. The summed E-state index contributed by atoms with van der Waals surface area (Å²) in [5.41, 5.74) is 1.11. The Morgan fingerprint density at radius 2 is 1.60 bits per heavy atom. The Hall–Kier alpha value is -3.04. The first-order valence-corrected chi connectivity index (χ1v) is 9.32. The van der Waals surface area contributed by atoms with Gasteiger partial charge in [-0.15, -0.1) is 0 Å². The van der Waals surface area contributed by atoms with Crippen molar-refractivity contribution in [3.05, 3.63) is 64.4 Å². The summed E-state index contributed by atoms with van der Waals surface area (Å²) >= 11 is 12.4. The topological polar surface area (TPSA) is 67.7 Å². The third-order valence-electron chi connectivity index (χ3n) is 4.33. The number of alkyl halides is 3. The van der Waals surface area contributed by atoms with Crippen LogP contribution in [0, 0.1) is 0 Å². The molecule has 11 heteroatoms. The first-order valence-electron chi connectivity index (χ1n) is 8.57. The Morgan fingerprint density at radius 1 is 0.933 bits per heavy atom. The first kappa shape index (κ1) is 20.2. The van der Waals surface area contributed by atoms with Crippen LogP contribution in [0.25, 0.3) is 11.2 Å². The summed E-state index contributed by atoms with van der Waals surface area (Å²) in [6.45, 7) is 0. The molecule has 4 rings (SSSR count). The predicted molar refractivity (Wildman–Crippen MR) is 111 cm³/mol. The van der Waals surface area contributed by atoms with E-state index in [9.17, 15) is 13.2 Å². The number of rotatable bonds is 4. The monoisotopic (exact) mass is 452 g/mol. The van der Waals surface area contributed by atoms with Gasteiger partial charge in [0.25, 0.3) is 0 Å². The quantitative estimate of drug-likeness (QED) is 0.387. The van der Waals surface area contributed by atoms with Gasteiger partial charge < -0.3 is 10.6 Å². The van der Waals surface area contributed by atoms with Gasteiger partial charge >= 0.3 is 6.18 Å². The Morgan fingerprint density at radius 3 is 2.23 bits per heavy atom. The molecule has 0 atom stereocenters. The number of nitrogens with one attached hydrogen (secondary N) is 2. The highest BCUT2D eigenvalue weighted by Gasteiger charge is 2.30. The highest BCUT2D eigenvalue weighted by atomic mass is 35.5. The highest BCUT2D eigenvalue weighted by Crippen LogP contribution is 2.34. The van der Waals surface area contributed by atoms with Crippen molar-refractivity contribution >= 4 is 57.5 Å². The summed E-state index contributed by atoms with van der Waals surface area (Å²) < 4.78 is 40.0. The molecule has 0 saturated heterocycles. The Bertz CT molecular complexity index is 1200. The summed E-state index contributed by atoms with van der Waals surface area (Å²) in [4.78, 5) is 12.9. The van der Waals surface area contributed by atoms with E-state index >= 15 is 0 Å². The van der Waals surface area contributed by atoms with Crippen molar-refractivity contribution < 1.29 is 13.2 Å². The normalized spacial score (nSPS) is 11.7. The van der Waals surface area contributed by atoms with Crippen LogP contribution in [0.15, 0.2) is 48.8 Å². The number of halogens is 5. The largest absolute Gasteiger partial charge is 0.416 e. The SMILES string of the molecule is Cn1c(Nc2c(Cl)cccc2Cl)nc2c(Nc3ccc(C(F)(F)F)cc3)ncnc21. The van der Waals surface area contributed by atoms with Crippen LogP contribution in [0.5, 0.6) is 0 Å². The Balaban J connectivity index is 1.68. The molecule has 0 bridgehead atoms. The molecule has 0 aliphatic rings. The molecule has 0 aliphatic heterocycles. The van der Waals surface area contributed by atoms with E-state index in [0.717, 1.165) is 12.1 Å². The maximum Gasteiger partial charge on any atom is 0.416 e. The molecule has 2 N–H and O–H groups in total. The zero-order valence-corrected chi connectivity index (χ0v) is 16.8. The van der Waals surface area contributed by atoms with Crippen LogP contribution >= 0.6 is 23.2 Å².